The molecule has 0 radical (unpaired) electrons. The maximum absolute atomic E-state index is 6.20. The Morgan fingerprint density at radius 3 is 2.62 bits per heavy atom. The Labute approximate surface area is 147 Å². The van der Waals surface area contributed by atoms with E-state index in [1.54, 1.807) is 0 Å². The Morgan fingerprint density at radius 2 is 1.92 bits per heavy atom. The van der Waals surface area contributed by atoms with Gasteiger partial charge < -0.3 is 9.99 Å². The summed E-state index contributed by atoms with van der Waals surface area (Å²) in [5.74, 6) is 1.58. The van der Waals surface area contributed by atoms with Crippen LogP contribution in [0, 0.1) is 5.92 Å². The van der Waals surface area contributed by atoms with Gasteiger partial charge in [0, 0.05) is 19.1 Å². The molecule has 3 heterocycles. The Morgan fingerprint density at radius 1 is 1.17 bits per heavy atom. The number of halogens is 1. The van der Waals surface area contributed by atoms with E-state index >= 15 is 0 Å². The molecule has 4 rings (SSSR count). The molecule has 0 amide bonds. The Balaban J connectivity index is 1.59. The molecule has 2 aliphatic rings. The fourth-order valence-corrected chi connectivity index (χ4v) is 4.18. The summed E-state index contributed by atoms with van der Waals surface area (Å²) in [4.78, 5) is 13.4. The first-order valence-electron chi connectivity index (χ1n) is 9.16. The molecule has 130 valence electrons. The summed E-state index contributed by atoms with van der Waals surface area (Å²) < 4.78 is 2.18. The number of hydrogen-bond donors (Lipinski definition) is 1. The SMILES string of the molecule is CCC1CCN(Nc2nc(Cl)nc3c2ncn3C2CCCC2)CC1. The van der Waals surface area contributed by atoms with Gasteiger partial charge in [-0.3, -0.25) is 0 Å². The largest absolute Gasteiger partial charge is 0.312 e. The smallest absolute Gasteiger partial charge is 0.226 e. The number of hydrogen-bond acceptors (Lipinski definition) is 5. The summed E-state index contributed by atoms with van der Waals surface area (Å²) in [6, 6.07) is 0.495. The third-order valence-electron chi connectivity index (χ3n) is 5.57. The van der Waals surface area contributed by atoms with Crippen molar-refractivity contribution in [2.75, 3.05) is 18.5 Å². The molecule has 0 spiro atoms. The third-order valence-corrected chi connectivity index (χ3v) is 5.74. The Bertz CT molecular complexity index is 700. The first kappa shape index (κ1) is 16.1. The zero-order valence-electron chi connectivity index (χ0n) is 14.2. The molecule has 6 nitrogen and oxygen atoms in total. The summed E-state index contributed by atoms with van der Waals surface area (Å²) in [5, 5.41) is 2.52. The van der Waals surface area contributed by atoms with E-state index in [2.05, 4.69) is 36.9 Å². The van der Waals surface area contributed by atoms with Crippen LogP contribution in [-0.2, 0) is 0 Å². The lowest BCUT2D eigenvalue weighted by molar-refractivity contribution is 0.213. The van der Waals surface area contributed by atoms with Gasteiger partial charge in [0.1, 0.15) is 0 Å². The maximum Gasteiger partial charge on any atom is 0.226 e. The number of nitrogens with zero attached hydrogens (tertiary/aromatic N) is 5. The number of fused-ring (bicyclic) bond motifs is 1. The van der Waals surface area contributed by atoms with Crippen LogP contribution in [0.1, 0.15) is 57.9 Å². The van der Waals surface area contributed by atoms with Gasteiger partial charge in [0.2, 0.25) is 5.28 Å². The number of rotatable bonds is 4. The quantitative estimate of drug-likeness (QED) is 0.845. The topological polar surface area (TPSA) is 58.9 Å². The molecular weight excluding hydrogens is 324 g/mol. The molecule has 1 saturated carbocycles. The van der Waals surface area contributed by atoms with Gasteiger partial charge in [0.15, 0.2) is 17.0 Å². The Hall–Kier alpha value is -1.40. The van der Waals surface area contributed by atoms with E-state index in [-0.39, 0.29) is 5.28 Å². The number of nitrogens with one attached hydrogen (secondary N) is 1. The van der Waals surface area contributed by atoms with Crippen molar-refractivity contribution in [2.45, 2.75) is 57.9 Å². The molecule has 24 heavy (non-hydrogen) atoms. The first-order valence-corrected chi connectivity index (χ1v) is 9.54. The Kier molecular flexibility index (Phi) is 4.59. The van der Waals surface area contributed by atoms with Gasteiger partial charge >= 0.3 is 0 Å². The number of anilines is 1. The molecule has 0 aromatic carbocycles. The summed E-state index contributed by atoms with van der Waals surface area (Å²) in [6.45, 7) is 4.34. The van der Waals surface area contributed by atoms with Crippen molar-refractivity contribution >= 4 is 28.6 Å². The second-order valence-electron chi connectivity index (χ2n) is 7.05. The number of imidazole rings is 1. The highest BCUT2D eigenvalue weighted by Gasteiger charge is 2.23. The van der Waals surface area contributed by atoms with E-state index in [4.69, 9.17) is 11.6 Å². The molecule has 1 N–H and O–H groups in total. The zero-order valence-corrected chi connectivity index (χ0v) is 15.0. The van der Waals surface area contributed by atoms with Crippen LogP contribution >= 0.6 is 11.6 Å². The molecule has 1 aliphatic heterocycles. The van der Waals surface area contributed by atoms with E-state index in [1.807, 2.05) is 6.33 Å². The van der Waals surface area contributed by atoms with Crippen LogP contribution in [-0.4, -0.2) is 37.6 Å². The van der Waals surface area contributed by atoms with Crippen LogP contribution in [0.15, 0.2) is 6.33 Å². The molecule has 2 aromatic rings. The second-order valence-corrected chi connectivity index (χ2v) is 7.39. The average molecular weight is 349 g/mol. The van der Waals surface area contributed by atoms with Gasteiger partial charge in [0.05, 0.1) is 6.33 Å². The van der Waals surface area contributed by atoms with Crippen molar-refractivity contribution < 1.29 is 0 Å². The van der Waals surface area contributed by atoms with Crippen LogP contribution in [0.2, 0.25) is 5.28 Å². The minimum absolute atomic E-state index is 0.285. The van der Waals surface area contributed by atoms with Crippen LogP contribution in [0.4, 0.5) is 5.82 Å². The van der Waals surface area contributed by atoms with E-state index in [0.717, 1.165) is 36.0 Å². The molecular formula is C17H25ClN6. The summed E-state index contributed by atoms with van der Waals surface area (Å²) in [6.07, 6.45) is 10.6. The number of aromatic nitrogens is 4. The molecule has 7 heteroatoms. The van der Waals surface area contributed by atoms with Crippen molar-refractivity contribution in [1.29, 1.82) is 0 Å². The van der Waals surface area contributed by atoms with E-state index in [0.29, 0.717) is 6.04 Å². The lowest BCUT2D eigenvalue weighted by atomic mass is 9.95. The van der Waals surface area contributed by atoms with Gasteiger partial charge in [-0.2, -0.15) is 9.97 Å². The lowest BCUT2D eigenvalue weighted by Gasteiger charge is -2.31. The van der Waals surface area contributed by atoms with Crippen molar-refractivity contribution in [1.82, 2.24) is 24.5 Å². The minimum Gasteiger partial charge on any atom is -0.312 e. The summed E-state index contributed by atoms with van der Waals surface area (Å²) in [5.41, 5.74) is 5.11. The minimum atomic E-state index is 0.285. The second kappa shape index (κ2) is 6.84. The molecule has 0 unspecified atom stereocenters. The van der Waals surface area contributed by atoms with E-state index in [1.165, 1.54) is 44.9 Å². The molecule has 0 bridgehead atoms. The van der Waals surface area contributed by atoms with Crippen molar-refractivity contribution in [3.63, 3.8) is 0 Å². The van der Waals surface area contributed by atoms with Crippen molar-refractivity contribution in [3.05, 3.63) is 11.6 Å². The summed E-state index contributed by atoms with van der Waals surface area (Å²) in [7, 11) is 0. The van der Waals surface area contributed by atoms with Gasteiger partial charge in [-0.1, -0.05) is 26.2 Å². The van der Waals surface area contributed by atoms with E-state index < -0.39 is 0 Å². The van der Waals surface area contributed by atoms with Gasteiger partial charge in [-0.15, -0.1) is 0 Å². The van der Waals surface area contributed by atoms with Crippen molar-refractivity contribution in [3.8, 4) is 0 Å². The van der Waals surface area contributed by atoms with Crippen molar-refractivity contribution in [2.24, 2.45) is 5.92 Å². The predicted octanol–water partition coefficient (Wildman–Crippen LogP) is 4.04. The molecule has 2 aromatic heterocycles. The molecule has 2 fully saturated rings. The van der Waals surface area contributed by atoms with Gasteiger partial charge in [-0.05, 0) is 43.2 Å². The molecule has 1 aliphatic carbocycles. The normalized spacial score (nSPS) is 20.9. The number of piperidine rings is 1. The standard InChI is InChI=1S/C17H25ClN6/c1-2-12-7-9-23(10-8-12)22-15-14-16(21-17(18)20-15)24(11-19-14)13-5-3-4-6-13/h11-13H,2-10H2,1H3,(H,20,21,22). The monoisotopic (exact) mass is 348 g/mol. The average Bonchev–Trinajstić information content (AvgIpc) is 3.24. The highest BCUT2D eigenvalue weighted by atomic mass is 35.5. The van der Waals surface area contributed by atoms with Crippen LogP contribution in [0.5, 0.6) is 0 Å². The van der Waals surface area contributed by atoms with Gasteiger partial charge in [-0.25, -0.2) is 9.99 Å². The number of hydrazine groups is 1. The zero-order chi connectivity index (χ0) is 16.5. The summed E-state index contributed by atoms with van der Waals surface area (Å²) >= 11 is 6.20. The van der Waals surface area contributed by atoms with Crippen LogP contribution in [0.3, 0.4) is 0 Å². The highest BCUT2D eigenvalue weighted by molar-refractivity contribution is 6.28. The van der Waals surface area contributed by atoms with E-state index in [9.17, 15) is 0 Å². The maximum atomic E-state index is 6.20. The fourth-order valence-electron chi connectivity index (χ4n) is 4.02. The molecule has 0 atom stereocenters. The molecule has 1 saturated heterocycles. The predicted molar refractivity (Wildman–Crippen MR) is 96.0 cm³/mol. The first-order chi connectivity index (χ1) is 11.7. The van der Waals surface area contributed by atoms with Gasteiger partial charge in [0.25, 0.3) is 0 Å². The fraction of sp³-hybridized carbons (Fsp3) is 0.706. The third kappa shape index (κ3) is 3.09. The highest BCUT2D eigenvalue weighted by Crippen LogP contribution is 2.33. The van der Waals surface area contributed by atoms with Crippen LogP contribution in [0.25, 0.3) is 11.2 Å². The van der Waals surface area contributed by atoms with Crippen LogP contribution < -0.4 is 5.43 Å². The lowest BCUT2D eigenvalue weighted by Crippen LogP contribution is -2.38.